The largest absolute Gasteiger partial charge is 0.399 e. The van der Waals surface area contributed by atoms with E-state index >= 15 is 0 Å². The highest BCUT2D eigenvalue weighted by Gasteiger charge is 2.24. The van der Waals surface area contributed by atoms with Gasteiger partial charge in [-0.1, -0.05) is 0 Å². The molecule has 1 aliphatic heterocycles. The van der Waals surface area contributed by atoms with Gasteiger partial charge in [0, 0.05) is 11.8 Å². The molecule has 0 spiro atoms. The van der Waals surface area contributed by atoms with Crippen LogP contribution < -0.4 is 11.1 Å². The molecule has 3 rings (SSSR count). The van der Waals surface area contributed by atoms with E-state index in [0.717, 1.165) is 24.3 Å². The zero-order valence-electron chi connectivity index (χ0n) is 11.0. The molecule has 1 aromatic carbocycles. The number of carbonyl (C=O) groups is 1. The number of benzene rings is 1. The lowest BCUT2D eigenvalue weighted by Crippen LogP contribution is -2.24. The smallest absolute Gasteiger partial charge is 0.238 e. The van der Waals surface area contributed by atoms with Gasteiger partial charge in [-0.15, -0.1) is 11.8 Å². The van der Waals surface area contributed by atoms with Crippen molar-refractivity contribution < 1.29 is 4.79 Å². The minimum absolute atomic E-state index is 0.0599. The first kappa shape index (κ1) is 13.1. The van der Waals surface area contributed by atoms with Crippen molar-refractivity contribution in [2.24, 2.45) is 0 Å². The zero-order valence-corrected chi connectivity index (χ0v) is 11.8. The Hall–Kier alpha value is -1.95. The number of amides is 1. The molecule has 104 valence electrons. The third kappa shape index (κ3) is 2.65. The van der Waals surface area contributed by atoms with Crippen LogP contribution in [0.25, 0.3) is 5.69 Å². The van der Waals surface area contributed by atoms with Crippen LogP contribution in [0.15, 0.2) is 36.5 Å². The van der Waals surface area contributed by atoms with Gasteiger partial charge in [-0.3, -0.25) is 4.79 Å². The minimum Gasteiger partial charge on any atom is -0.399 e. The Bertz CT molecular complexity index is 602. The molecule has 5 nitrogen and oxygen atoms in total. The number of thioether (sulfide) groups is 1. The van der Waals surface area contributed by atoms with Crippen molar-refractivity contribution in [3.63, 3.8) is 0 Å². The standard InChI is InChI=1S/C14H16N4OS/c15-10-3-5-11(6-4-10)18-13(7-8-16-18)17-14(19)12-2-1-9-20-12/h3-8,12H,1-2,9,15H2,(H,17,19). The second-order valence-electron chi connectivity index (χ2n) is 4.71. The van der Waals surface area contributed by atoms with E-state index in [2.05, 4.69) is 10.4 Å². The fraction of sp³-hybridized carbons (Fsp3) is 0.286. The van der Waals surface area contributed by atoms with E-state index in [0.29, 0.717) is 11.5 Å². The normalized spacial score (nSPS) is 18.1. The highest BCUT2D eigenvalue weighted by atomic mass is 32.2. The molecule has 0 aliphatic carbocycles. The minimum atomic E-state index is 0.0599. The van der Waals surface area contributed by atoms with Crippen molar-refractivity contribution in [3.8, 4) is 5.69 Å². The summed E-state index contributed by atoms with van der Waals surface area (Å²) in [6, 6.07) is 9.18. The second-order valence-corrected chi connectivity index (χ2v) is 6.02. The maximum Gasteiger partial charge on any atom is 0.238 e. The van der Waals surface area contributed by atoms with Gasteiger partial charge in [-0.2, -0.15) is 5.10 Å². The number of nitrogens with zero attached hydrogens (tertiary/aromatic N) is 2. The number of nitrogens with two attached hydrogens (primary N) is 1. The van der Waals surface area contributed by atoms with Gasteiger partial charge in [0.15, 0.2) is 0 Å². The van der Waals surface area contributed by atoms with Crippen LogP contribution in [0.1, 0.15) is 12.8 Å². The van der Waals surface area contributed by atoms with Crippen molar-refractivity contribution in [2.45, 2.75) is 18.1 Å². The number of nitrogens with one attached hydrogen (secondary N) is 1. The summed E-state index contributed by atoms with van der Waals surface area (Å²) in [7, 11) is 0. The van der Waals surface area contributed by atoms with E-state index in [1.807, 2.05) is 24.3 Å². The fourth-order valence-electron chi connectivity index (χ4n) is 2.21. The summed E-state index contributed by atoms with van der Waals surface area (Å²) in [6.45, 7) is 0. The van der Waals surface area contributed by atoms with E-state index in [1.54, 1.807) is 28.7 Å². The van der Waals surface area contributed by atoms with Crippen molar-refractivity contribution in [2.75, 3.05) is 16.8 Å². The van der Waals surface area contributed by atoms with Gasteiger partial charge < -0.3 is 11.1 Å². The van der Waals surface area contributed by atoms with Gasteiger partial charge in [0.1, 0.15) is 5.82 Å². The molecule has 0 radical (unpaired) electrons. The lowest BCUT2D eigenvalue weighted by molar-refractivity contribution is -0.115. The quantitative estimate of drug-likeness (QED) is 0.850. The molecular formula is C14H16N4OS. The van der Waals surface area contributed by atoms with Gasteiger partial charge in [-0.25, -0.2) is 4.68 Å². The summed E-state index contributed by atoms with van der Waals surface area (Å²) in [5.74, 6) is 1.81. The maximum atomic E-state index is 12.2. The molecule has 3 N–H and O–H groups in total. The summed E-state index contributed by atoms with van der Waals surface area (Å²) >= 11 is 1.72. The molecule has 1 aromatic heterocycles. The molecule has 2 aromatic rings. The predicted octanol–water partition coefficient (Wildman–Crippen LogP) is 2.29. The summed E-state index contributed by atoms with van der Waals surface area (Å²) in [6.07, 6.45) is 3.74. The van der Waals surface area contributed by atoms with Crippen molar-refractivity contribution in [1.82, 2.24) is 9.78 Å². The lowest BCUT2D eigenvalue weighted by atomic mass is 10.2. The van der Waals surface area contributed by atoms with Crippen LogP contribution in [0.3, 0.4) is 0 Å². The fourth-order valence-corrected chi connectivity index (χ4v) is 3.37. The molecule has 1 aliphatic rings. The highest BCUT2D eigenvalue weighted by Crippen LogP contribution is 2.27. The Kier molecular flexibility index (Phi) is 3.64. The molecule has 1 fully saturated rings. The van der Waals surface area contributed by atoms with E-state index in [-0.39, 0.29) is 11.2 Å². The second kappa shape index (κ2) is 5.58. The molecule has 1 saturated heterocycles. The predicted molar refractivity (Wildman–Crippen MR) is 82.1 cm³/mol. The molecular weight excluding hydrogens is 272 g/mol. The Labute approximate surface area is 121 Å². The number of rotatable bonds is 3. The van der Waals surface area contributed by atoms with E-state index in [1.165, 1.54) is 0 Å². The molecule has 20 heavy (non-hydrogen) atoms. The molecule has 1 atom stereocenters. The van der Waals surface area contributed by atoms with Gasteiger partial charge in [0.05, 0.1) is 17.1 Å². The van der Waals surface area contributed by atoms with Crippen molar-refractivity contribution >= 4 is 29.2 Å². The number of hydrogen-bond acceptors (Lipinski definition) is 4. The molecule has 0 bridgehead atoms. The monoisotopic (exact) mass is 288 g/mol. The average Bonchev–Trinajstić information content (AvgIpc) is 3.10. The number of aromatic nitrogens is 2. The molecule has 2 heterocycles. The summed E-state index contributed by atoms with van der Waals surface area (Å²) in [5, 5.41) is 7.27. The first-order chi connectivity index (χ1) is 9.74. The summed E-state index contributed by atoms with van der Waals surface area (Å²) < 4.78 is 1.71. The molecule has 1 amide bonds. The number of anilines is 2. The molecule has 6 heteroatoms. The summed E-state index contributed by atoms with van der Waals surface area (Å²) in [4.78, 5) is 12.2. The van der Waals surface area contributed by atoms with E-state index < -0.39 is 0 Å². The van der Waals surface area contributed by atoms with Crippen LogP contribution in [0.4, 0.5) is 11.5 Å². The third-order valence-corrected chi connectivity index (χ3v) is 4.63. The number of carbonyl (C=O) groups excluding carboxylic acids is 1. The lowest BCUT2D eigenvalue weighted by Gasteiger charge is -2.12. The van der Waals surface area contributed by atoms with Crippen molar-refractivity contribution in [1.29, 1.82) is 0 Å². The van der Waals surface area contributed by atoms with Gasteiger partial charge in [0.25, 0.3) is 0 Å². The third-order valence-electron chi connectivity index (χ3n) is 3.25. The van der Waals surface area contributed by atoms with Crippen LogP contribution in [0, 0.1) is 0 Å². The van der Waals surface area contributed by atoms with Crippen LogP contribution in [0.5, 0.6) is 0 Å². The summed E-state index contributed by atoms with van der Waals surface area (Å²) in [5.41, 5.74) is 7.26. The van der Waals surface area contributed by atoms with Gasteiger partial charge >= 0.3 is 0 Å². The van der Waals surface area contributed by atoms with Crippen LogP contribution in [-0.4, -0.2) is 26.7 Å². The average molecular weight is 288 g/mol. The van der Waals surface area contributed by atoms with Crippen LogP contribution in [-0.2, 0) is 4.79 Å². The first-order valence-electron chi connectivity index (χ1n) is 6.56. The van der Waals surface area contributed by atoms with Crippen LogP contribution >= 0.6 is 11.8 Å². The van der Waals surface area contributed by atoms with Crippen molar-refractivity contribution in [3.05, 3.63) is 36.5 Å². The maximum absolute atomic E-state index is 12.2. The Balaban J connectivity index is 1.79. The first-order valence-corrected chi connectivity index (χ1v) is 7.61. The number of hydrogen-bond donors (Lipinski definition) is 2. The number of nitrogen functional groups attached to an aromatic ring is 1. The van der Waals surface area contributed by atoms with Gasteiger partial charge in [-0.05, 0) is 42.9 Å². The zero-order chi connectivity index (χ0) is 13.9. The van der Waals surface area contributed by atoms with E-state index in [9.17, 15) is 4.79 Å². The van der Waals surface area contributed by atoms with E-state index in [4.69, 9.17) is 5.73 Å². The molecule has 1 unspecified atom stereocenters. The Morgan fingerprint density at radius 2 is 2.15 bits per heavy atom. The SMILES string of the molecule is Nc1ccc(-n2nccc2NC(=O)C2CCCS2)cc1. The van der Waals surface area contributed by atoms with Gasteiger partial charge in [0.2, 0.25) is 5.91 Å². The topological polar surface area (TPSA) is 72.9 Å². The Morgan fingerprint density at radius 3 is 2.85 bits per heavy atom. The molecule has 0 saturated carbocycles. The highest BCUT2D eigenvalue weighted by molar-refractivity contribution is 8.00. The Morgan fingerprint density at radius 1 is 1.35 bits per heavy atom. The van der Waals surface area contributed by atoms with Crippen LogP contribution in [0.2, 0.25) is 0 Å².